The van der Waals surface area contributed by atoms with Gasteiger partial charge in [0.1, 0.15) is 13.2 Å². The second kappa shape index (κ2) is 59.8. The number of likely N-dealkylation sites (N-methyl/N-ethyl adjacent to an activating group) is 1. The number of hydrogen-bond acceptors (Lipinski definition) is 5. The normalized spacial score (nSPS) is 14.1. The third kappa shape index (κ3) is 61.8. The lowest BCUT2D eigenvalue weighted by molar-refractivity contribution is -0.870. The molecule has 0 spiro atoms. The average molecular weight is 1120 g/mol. The van der Waals surface area contributed by atoms with Crippen LogP contribution in [0.15, 0.2) is 60.8 Å². The van der Waals surface area contributed by atoms with Gasteiger partial charge in [0.25, 0.3) is 0 Å². The van der Waals surface area contributed by atoms with Crippen LogP contribution < -0.4 is 5.32 Å². The van der Waals surface area contributed by atoms with Crippen molar-refractivity contribution in [3.05, 3.63) is 60.8 Å². The zero-order chi connectivity index (χ0) is 57.0. The van der Waals surface area contributed by atoms with Crippen LogP contribution in [0.2, 0.25) is 0 Å². The van der Waals surface area contributed by atoms with E-state index in [0.717, 1.165) is 51.4 Å². The Bertz CT molecular complexity index is 1450. The first-order chi connectivity index (χ1) is 38.0. The van der Waals surface area contributed by atoms with Gasteiger partial charge in [-0.25, -0.2) is 4.57 Å². The Morgan fingerprint density at radius 2 is 0.744 bits per heavy atom. The Hall–Kier alpha value is -1.80. The molecule has 8 nitrogen and oxygen atoms in total. The Kier molecular flexibility index (Phi) is 58.4. The van der Waals surface area contributed by atoms with Crippen LogP contribution in [0.3, 0.4) is 0 Å². The minimum absolute atomic E-state index is 0.0569. The van der Waals surface area contributed by atoms with Gasteiger partial charge in [-0.3, -0.25) is 13.8 Å². The van der Waals surface area contributed by atoms with Crippen molar-refractivity contribution in [2.75, 3.05) is 40.9 Å². The molecule has 3 atom stereocenters. The van der Waals surface area contributed by atoms with Crippen molar-refractivity contribution in [2.45, 2.75) is 334 Å². The third-order valence-electron chi connectivity index (χ3n) is 15.2. The van der Waals surface area contributed by atoms with Crippen LogP contribution in [0, 0.1) is 0 Å². The van der Waals surface area contributed by atoms with Crippen LogP contribution >= 0.6 is 7.82 Å². The molecule has 0 aromatic rings. The summed E-state index contributed by atoms with van der Waals surface area (Å²) in [7, 11) is 1.56. The highest BCUT2D eigenvalue weighted by Crippen LogP contribution is 2.43. The first-order valence-electron chi connectivity index (χ1n) is 33.7. The fourth-order valence-corrected chi connectivity index (χ4v) is 10.7. The van der Waals surface area contributed by atoms with E-state index in [1.807, 2.05) is 27.2 Å². The lowest BCUT2D eigenvalue weighted by Crippen LogP contribution is -2.45. The number of phosphoric acid groups is 1. The molecule has 0 saturated carbocycles. The Morgan fingerprint density at radius 1 is 0.436 bits per heavy atom. The monoisotopic (exact) mass is 1120 g/mol. The minimum Gasteiger partial charge on any atom is -0.387 e. The van der Waals surface area contributed by atoms with Crippen molar-refractivity contribution in [1.29, 1.82) is 0 Å². The van der Waals surface area contributed by atoms with E-state index in [9.17, 15) is 19.4 Å². The average Bonchev–Trinajstić information content (AvgIpc) is 3.41. The standard InChI is InChI=1S/C69H131N2O6P/c1-6-8-10-12-14-16-18-20-22-23-24-25-26-27-28-29-30-31-32-33-34-35-36-37-38-39-40-41-42-43-44-45-46-47-49-51-53-55-57-59-61-63-69(73)70-67(66-77-78(74,75)76-65-64-71(3,4)5)68(72)62-60-58-56-54-52-50-48-21-19-17-15-13-11-9-7-2/h18,20,23-24,26-27,52,54,60,62,67-68,72H,6-17,19,21-22,25,28-51,53,55-59,61,63-66H2,1-5H3,(H-,70,73,74,75)/p+1/b20-18-,24-23-,27-26-,54-52+,62-60+. The van der Waals surface area contributed by atoms with E-state index >= 15 is 0 Å². The zero-order valence-corrected chi connectivity index (χ0v) is 53.3. The summed E-state index contributed by atoms with van der Waals surface area (Å²) in [6, 6.07) is -0.863. The summed E-state index contributed by atoms with van der Waals surface area (Å²) < 4.78 is 23.7. The Labute approximate surface area is 485 Å². The summed E-state index contributed by atoms with van der Waals surface area (Å²) in [5.74, 6) is -0.182. The number of nitrogens with one attached hydrogen (secondary N) is 1. The topological polar surface area (TPSA) is 105 Å². The molecule has 0 radical (unpaired) electrons. The molecular weight excluding hydrogens is 984 g/mol. The number of amides is 1. The smallest absolute Gasteiger partial charge is 0.387 e. The van der Waals surface area contributed by atoms with E-state index in [2.05, 4.69) is 67.8 Å². The molecule has 78 heavy (non-hydrogen) atoms. The number of unbranched alkanes of at least 4 members (excludes halogenated alkanes) is 41. The van der Waals surface area contributed by atoms with Crippen LogP contribution in [0.1, 0.15) is 322 Å². The van der Waals surface area contributed by atoms with Crippen LogP contribution in [0.5, 0.6) is 0 Å². The lowest BCUT2D eigenvalue weighted by Gasteiger charge is -2.25. The van der Waals surface area contributed by atoms with Crippen molar-refractivity contribution in [2.24, 2.45) is 0 Å². The van der Waals surface area contributed by atoms with E-state index in [-0.39, 0.29) is 19.1 Å². The third-order valence-corrected chi connectivity index (χ3v) is 16.2. The van der Waals surface area contributed by atoms with E-state index in [0.29, 0.717) is 17.4 Å². The summed E-state index contributed by atoms with van der Waals surface area (Å²) in [4.78, 5) is 23.3. The first-order valence-corrected chi connectivity index (χ1v) is 35.2. The molecule has 3 unspecified atom stereocenters. The van der Waals surface area contributed by atoms with Crippen molar-refractivity contribution in [3.63, 3.8) is 0 Å². The number of carbonyl (C=O) groups is 1. The van der Waals surface area contributed by atoms with Gasteiger partial charge in [-0.1, -0.05) is 306 Å². The summed E-state index contributed by atoms with van der Waals surface area (Å²) >= 11 is 0. The largest absolute Gasteiger partial charge is 0.472 e. The lowest BCUT2D eigenvalue weighted by atomic mass is 10.0. The fraction of sp³-hybridized carbons (Fsp3) is 0.841. The van der Waals surface area contributed by atoms with E-state index in [1.165, 1.54) is 250 Å². The number of hydrogen-bond donors (Lipinski definition) is 3. The molecule has 0 fully saturated rings. The van der Waals surface area contributed by atoms with Gasteiger partial charge in [0, 0.05) is 6.42 Å². The Balaban J connectivity index is 3.89. The summed E-state index contributed by atoms with van der Waals surface area (Å²) in [5, 5.41) is 13.9. The van der Waals surface area contributed by atoms with Gasteiger partial charge < -0.3 is 19.8 Å². The van der Waals surface area contributed by atoms with Gasteiger partial charge in [-0.15, -0.1) is 0 Å². The Morgan fingerprint density at radius 3 is 1.12 bits per heavy atom. The molecule has 9 heteroatoms. The summed E-state index contributed by atoms with van der Waals surface area (Å²) in [6.45, 7) is 4.80. The maximum atomic E-state index is 13.0. The highest BCUT2D eigenvalue weighted by Gasteiger charge is 2.28. The zero-order valence-electron chi connectivity index (χ0n) is 52.4. The molecule has 0 saturated heterocycles. The van der Waals surface area contributed by atoms with Gasteiger partial charge in [0.2, 0.25) is 5.91 Å². The number of aliphatic hydroxyl groups is 1. The minimum atomic E-state index is -4.35. The van der Waals surface area contributed by atoms with Crippen molar-refractivity contribution in [1.82, 2.24) is 5.32 Å². The van der Waals surface area contributed by atoms with E-state index in [1.54, 1.807) is 6.08 Å². The molecule has 0 rings (SSSR count). The van der Waals surface area contributed by atoms with Gasteiger partial charge >= 0.3 is 7.82 Å². The van der Waals surface area contributed by atoms with Crippen LogP contribution in [0.25, 0.3) is 0 Å². The number of quaternary nitrogens is 1. The number of rotatable bonds is 62. The summed E-state index contributed by atoms with van der Waals surface area (Å²) in [6.07, 6.45) is 82.4. The predicted molar refractivity (Wildman–Crippen MR) is 341 cm³/mol. The molecule has 0 heterocycles. The van der Waals surface area contributed by atoms with Gasteiger partial charge in [-0.05, 0) is 70.6 Å². The van der Waals surface area contributed by atoms with Gasteiger partial charge in [-0.2, -0.15) is 0 Å². The molecule has 1 amide bonds. The molecule has 0 aromatic heterocycles. The van der Waals surface area contributed by atoms with Gasteiger partial charge in [0.15, 0.2) is 0 Å². The number of aliphatic hydroxyl groups excluding tert-OH is 1. The quantitative estimate of drug-likeness (QED) is 0.0243. The highest BCUT2D eigenvalue weighted by atomic mass is 31.2. The second-order valence-electron chi connectivity index (χ2n) is 24.2. The SMILES string of the molecule is CCCCCCC/C=C\C/C=C\C/C=C\CCCCCCCCCCCCCCCCCCCCCCCCCCCCC(=O)NC(COP(=O)(O)OCC[N+](C)(C)C)C(O)/C=C/CC/C=C/CCCCCCCCCCC. The molecule has 0 aromatic carbocycles. The van der Waals surface area contributed by atoms with Crippen LogP contribution in [0.4, 0.5) is 0 Å². The first kappa shape index (κ1) is 76.2. The van der Waals surface area contributed by atoms with Crippen molar-refractivity contribution < 1.29 is 32.9 Å². The maximum Gasteiger partial charge on any atom is 0.472 e. The van der Waals surface area contributed by atoms with Gasteiger partial charge in [0.05, 0.1) is 39.9 Å². The molecule has 0 aliphatic carbocycles. The van der Waals surface area contributed by atoms with E-state index < -0.39 is 20.0 Å². The predicted octanol–water partition coefficient (Wildman–Crippen LogP) is 21.2. The van der Waals surface area contributed by atoms with Crippen molar-refractivity contribution >= 4 is 13.7 Å². The molecule has 3 N–H and O–H groups in total. The van der Waals surface area contributed by atoms with Crippen molar-refractivity contribution in [3.8, 4) is 0 Å². The molecule has 0 aliphatic heterocycles. The number of nitrogens with zero attached hydrogens (tertiary/aromatic N) is 1. The molecule has 0 bridgehead atoms. The number of phosphoric ester groups is 1. The van der Waals surface area contributed by atoms with Crippen LogP contribution in [-0.2, 0) is 18.4 Å². The second-order valence-corrected chi connectivity index (χ2v) is 25.6. The van der Waals surface area contributed by atoms with Crippen LogP contribution in [-0.4, -0.2) is 73.4 Å². The number of allylic oxidation sites excluding steroid dienone is 9. The van der Waals surface area contributed by atoms with E-state index in [4.69, 9.17) is 9.05 Å². The number of carbonyl (C=O) groups excluding carboxylic acids is 1. The summed E-state index contributed by atoms with van der Waals surface area (Å²) in [5.41, 5.74) is 0. The molecule has 0 aliphatic rings. The molecule has 458 valence electrons. The fourth-order valence-electron chi connectivity index (χ4n) is 9.95. The molecular formula is C69H132N2O6P+. The highest BCUT2D eigenvalue weighted by molar-refractivity contribution is 7.47. The maximum absolute atomic E-state index is 13.0.